The van der Waals surface area contributed by atoms with Crippen LogP contribution in [0.5, 0.6) is 0 Å². The van der Waals surface area contributed by atoms with E-state index in [4.69, 9.17) is 10.8 Å². The first kappa shape index (κ1) is 9.24. The minimum absolute atomic E-state index is 0.00810. The number of aryl methyl sites for hydroxylation is 1. The average Bonchev–Trinajstić information content (AvgIpc) is 1.98. The van der Waals surface area contributed by atoms with E-state index in [1.54, 1.807) is 6.92 Å². The summed E-state index contributed by atoms with van der Waals surface area (Å²) < 4.78 is 0.826. The minimum Gasteiger partial charge on any atom is -0.480 e. The molecule has 1 heterocycles. The average molecular weight is 183 g/mol. The molecule has 3 N–H and O–H groups in total. The van der Waals surface area contributed by atoms with Gasteiger partial charge in [-0.3, -0.25) is 9.59 Å². The molecule has 0 fully saturated rings. The predicted molar refractivity (Wildman–Crippen MR) is 45.3 cm³/mol. The van der Waals surface area contributed by atoms with Gasteiger partial charge in [0.25, 0.3) is 5.56 Å². The number of hydrogen-bond donors (Lipinski definition) is 2. The molecule has 6 heteroatoms. The van der Waals surface area contributed by atoms with Crippen molar-refractivity contribution in [1.82, 2.24) is 9.78 Å². The van der Waals surface area contributed by atoms with Crippen molar-refractivity contribution in [2.75, 3.05) is 5.73 Å². The van der Waals surface area contributed by atoms with E-state index in [1.807, 2.05) is 0 Å². The second kappa shape index (κ2) is 3.26. The lowest BCUT2D eigenvalue weighted by atomic mass is 10.4. The molecule has 1 aromatic heterocycles. The lowest BCUT2D eigenvalue weighted by Crippen LogP contribution is -2.28. The van der Waals surface area contributed by atoms with Crippen LogP contribution in [0.2, 0.25) is 0 Å². The highest BCUT2D eigenvalue weighted by atomic mass is 16.4. The first-order valence-corrected chi connectivity index (χ1v) is 3.56. The molecule has 0 amide bonds. The van der Waals surface area contributed by atoms with Gasteiger partial charge in [-0.1, -0.05) is 0 Å². The third-order valence-corrected chi connectivity index (χ3v) is 1.41. The predicted octanol–water partition coefficient (Wildman–Crippen LogP) is -0.781. The summed E-state index contributed by atoms with van der Waals surface area (Å²) in [6, 6.07) is 1.40. The third kappa shape index (κ3) is 2.05. The van der Waals surface area contributed by atoms with Gasteiger partial charge in [0.15, 0.2) is 0 Å². The quantitative estimate of drug-likeness (QED) is 0.626. The standard InChI is InChI=1S/C7H9N3O3/c1-4-2-5(8)7(13)10(9-4)3-6(11)12/h2H,3,8H2,1H3,(H,11,12). The van der Waals surface area contributed by atoms with Crippen LogP contribution in [0.25, 0.3) is 0 Å². The van der Waals surface area contributed by atoms with Crippen molar-refractivity contribution < 1.29 is 9.90 Å². The van der Waals surface area contributed by atoms with Gasteiger partial charge in [0.1, 0.15) is 12.2 Å². The number of carbonyl (C=O) groups is 1. The number of anilines is 1. The fourth-order valence-electron chi connectivity index (χ4n) is 0.936. The zero-order valence-corrected chi connectivity index (χ0v) is 7.02. The zero-order valence-electron chi connectivity index (χ0n) is 7.02. The van der Waals surface area contributed by atoms with E-state index in [2.05, 4.69) is 5.10 Å². The van der Waals surface area contributed by atoms with Crippen LogP contribution in [0.4, 0.5) is 5.69 Å². The third-order valence-electron chi connectivity index (χ3n) is 1.41. The molecule has 0 aromatic carbocycles. The Bertz CT molecular complexity index is 396. The topological polar surface area (TPSA) is 98.2 Å². The van der Waals surface area contributed by atoms with Crippen LogP contribution in [0.1, 0.15) is 5.69 Å². The number of hydrogen-bond acceptors (Lipinski definition) is 4. The van der Waals surface area contributed by atoms with Crippen LogP contribution in [-0.2, 0) is 11.3 Å². The molecule has 1 rings (SSSR count). The highest BCUT2D eigenvalue weighted by Crippen LogP contribution is 1.94. The van der Waals surface area contributed by atoms with E-state index in [-0.39, 0.29) is 5.69 Å². The van der Waals surface area contributed by atoms with E-state index in [1.165, 1.54) is 6.07 Å². The summed E-state index contributed by atoms with van der Waals surface area (Å²) in [6.45, 7) is 1.17. The molecule has 0 radical (unpaired) electrons. The van der Waals surface area contributed by atoms with Gasteiger partial charge in [-0.2, -0.15) is 5.10 Å². The number of nitrogens with two attached hydrogens (primary N) is 1. The Morgan fingerprint density at radius 3 is 2.92 bits per heavy atom. The van der Waals surface area contributed by atoms with Gasteiger partial charge in [-0.15, -0.1) is 0 Å². The molecule has 0 saturated carbocycles. The summed E-state index contributed by atoms with van der Waals surface area (Å²) in [7, 11) is 0. The molecule has 1 aromatic rings. The van der Waals surface area contributed by atoms with Crippen LogP contribution >= 0.6 is 0 Å². The molecule has 0 aliphatic heterocycles. The molecule has 0 atom stereocenters. The Morgan fingerprint density at radius 1 is 1.77 bits per heavy atom. The second-order valence-electron chi connectivity index (χ2n) is 2.60. The number of nitrogens with zero attached hydrogens (tertiary/aromatic N) is 2. The lowest BCUT2D eigenvalue weighted by molar-refractivity contribution is -0.138. The van der Waals surface area contributed by atoms with Crippen molar-refractivity contribution >= 4 is 11.7 Å². The first-order chi connectivity index (χ1) is 6.00. The van der Waals surface area contributed by atoms with Crippen molar-refractivity contribution in [2.45, 2.75) is 13.5 Å². The van der Waals surface area contributed by atoms with Crippen molar-refractivity contribution in [2.24, 2.45) is 0 Å². The highest BCUT2D eigenvalue weighted by Gasteiger charge is 2.06. The van der Waals surface area contributed by atoms with E-state index in [9.17, 15) is 9.59 Å². The molecular weight excluding hydrogens is 174 g/mol. The Morgan fingerprint density at radius 2 is 2.38 bits per heavy atom. The summed E-state index contributed by atoms with van der Waals surface area (Å²) >= 11 is 0. The lowest BCUT2D eigenvalue weighted by Gasteiger charge is -2.02. The number of carboxylic acids is 1. The van der Waals surface area contributed by atoms with Crippen LogP contribution in [-0.4, -0.2) is 20.9 Å². The van der Waals surface area contributed by atoms with Gasteiger partial charge >= 0.3 is 5.97 Å². The van der Waals surface area contributed by atoms with Gasteiger partial charge in [0.2, 0.25) is 0 Å². The number of nitrogen functional groups attached to an aromatic ring is 1. The molecule has 0 unspecified atom stereocenters. The molecule has 0 saturated heterocycles. The summed E-state index contributed by atoms with van der Waals surface area (Å²) in [5.74, 6) is -1.13. The SMILES string of the molecule is Cc1cc(N)c(=O)n(CC(=O)O)n1. The normalized spacial score (nSPS) is 9.92. The molecule has 0 aliphatic carbocycles. The van der Waals surface area contributed by atoms with Gasteiger partial charge < -0.3 is 10.8 Å². The summed E-state index contributed by atoms with van der Waals surface area (Å²) in [5.41, 5.74) is 5.28. The Kier molecular flexibility index (Phi) is 2.32. The summed E-state index contributed by atoms with van der Waals surface area (Å²) in [6.07, 6.45) is 0. The van der Waals surface area contributed by atoms with Gasteiger partial charge in [0, 0.05) is 0 Å². The van der Waals surface area contributed by atoms with Crippen molar-refractivity contribution in [3.8, 4) is 0 Å². The molecule has 6 nitrogen and oxygen atoms in total. The molecule has 0 aliphatic rings. The van der Waals surface area contributed by atoms with Gasteiger partial charge in [0.05, 0.1) is 5.69 Å². The Labute approximate surface area is 73.6 Å². The van der Waals surface area contributed by atoms with Gasteiger partial charge in [-0.25, -0.2) is 4.68 Å². The maximum absolute atomic E-state index is 11.2. The number of aromatic nitrogens is 2. The van der Waals surface area contributed by atoms with E-state index < -0.39 is 18.1 Å². The van der Waals surface area contributed by atoms with Crippen LogP contribution < -0.4 is 11.3 Å². The fraction of sp³-hybridized carbons (Fsp3) is 0.286. The fourth-order valence-corrected chi connectivity index (χ4v) is 0.936. The van der Waals surface area contributed by atoms with Crippen LogP contribution in [0.15, 0.2) is 10.9 Å². The zero-order chi connectivity index (χ0) is 10.0. The van der Waals surface area contributed by atoms with E-state index in [0.717, 1.165) is 4.68 Å². The minimum atomic E-state index is -1.13. The highest BCUT2D eigenvalue weighted by molar-refractivity contribution is 5.66. The molecule has 0 spiro atoms. The monoisotopic (exact) mass is 183 g/mol. The van der Waals surface area contributed by atoms with Crippen LogP contribution in [0.3, 0.4) is 0 Å². The van der Waals surface area contributed by atoms with Crippen molar-refractivity contribution in [3.63, 3.8) is 0 Å². The Hall–Kier alpha value is -1.85. The Balaban J connectivity index is 3.21. The van der Waals surface area contributed by atoms with E-state index >= 15 is 0 Å². The number of rotatable bonds is 2. The smallest absolute Gasteiger partial charge is 0.325 e. The molecular formula is C7H9N3O3. The second-order valence-corrected chi connectivity index (χ2v) is 2.60. The maximum atomic E-state index is 11.2. The summed E-state index contributed by atoms with van der Waals surface area (Å²) in [5, 5.41) is 12.1. The molecule has 13 heavy (non-hydrogen) atoms. The number of aliphatic carboxylic acids is 1. The van der Waals surface area contributed by atoms with Crippen molar-refractivity contribution in [3.05, 3.63) is 22.1 Å². The molecule has 0 bridgehead atoms. The first-order valence-electron chi connectivity index (χ1n) is 3.56. The van der Waals surface area contributed by atoms with Crippen molar-refractivity contribution in [1.29, 1.82) is 0 Å². The van der Waals surface area contributed by atoms with E-state index in [0.29, 0.717) is 5.69 Å². The van der Waals surface area contributed by atoms with Gasteiger partial charge in [-0.05, 0) is 13.0 Å². The molecule has 70 valence electrons. The summed E-state index contributed by atoms with van der Waals surface area (Å²) in [4.78, 5) is 21.5. The number of carboxylic acid groups (broad SMARTS) is 1. The largest absolute Gasteiger partial charge is 0.480 e. The van der Waals surface area contributed by atoms with Crippen LogP contribution in [0, 0.1) is 6.92 Å². The maximum Gasteiger partial charge on any atom is 0.325 e.